The number of hydrogen-bond acceptors (Lipinski definition) is 6. The van der Waals surface area contributed by atoms with Crippen LogP contribution in [0.1, 0.15) is 38.3 Å². The van der Waals surface area contributed by atoms with E-state index in [1.807, 2.05) is 25.3 Å². The van der Waals surface area contributed by atoms with E-state index in [0.29, 0.717) is 18.4 Å². The van der Waals surface area contributed by atoms with Crippen LogP contribution in [0.15, 0.2) is 10.9 Å². The Kier molecular flexibility index (Phi) is 3.36. The zero-order valence-corrected chi connectivity index (χ0v) is 10.2. The molecule has 1 N–H and O–H groups in total. The second kappa shape index (κ2) is 4.94. The molecule has 0 radical (unpaired) electrons. The highest BCUT2D eigenvalue weighted by Crippen LogP contribution is 2.12. The van der Waals surface area contributed by atoms with Crippen molar-refractivity contribution in [2.45, 2.75) is 39.8 Å². The van der Waals surface area contributed by atoms with Gasteiger partial charge in [-0.1, -0.05) is 19.0 Å². The minimum Gasteiger partial charge on any atom is -0.330 e. The molecular formula is C10H16N6O. The first kappa shape index (κ1) is 11.6. The fourth-order valence-corrected chi connectivity index (χ4v) is 1.38. The van der Waals surface area contributed by atoms with E-state index in [0.717, 1.165) is 12.4 Å². The molecule has 0 amide bonds. The maximum atomic E-state index is 5.07. The third kappa shape index (κ3) is 2.61. The lowest BCUT2D eigenvalue weighted by molar-refractivity contribution is 0.418. The van der Waals surface area contributed by atoms with Gasteiger partial charge in [0.15, 0.2) is 11.6 Å². The van der Waals surface area contributed by atoms with E-state index >= 15 is 0 Å². The largest absolute Gasteiger partial charge is 0.330 e. The molecule has 0 aliphatic heterocycles. The molecule has 0 bridgehead atoms. The average molecular weight is 236 g/mol. The van der Waals surface area contributed by atoms with Crippen molar-refractivity contribution in [1.29, 1.82) is 0 Å². The van der Waals surface area contributed by atoms with Gasteiger partial charge in [0.1, 0.15) is 6.33 Å². The van der Waals surface area contributed by atoms with Crippen LogP contribution in [0.4, 0.5) is 6.01 Å². The number of hydrogen-bond donors (Lipinski definition) is 1. The summed E-state index contributed by atoms with van der Waals surface area (Å²) in [6, 6.07) is 0.416. The molecule has 2 heterocycles. The quantitative estimate of drug-likeness (QED) is 0.845. The van der Waals surface area contributed by atoms with Gasteiger partial charge in [-0.05, 0) is 6.92 Å². The standard InChI is InChI=1S/C10H16N6O/c1-4-16-6-12-14-8(16)5-11-10-13-9(7(2)3)15-17-10/h6-7H,4-5H2,1-3H3,(H,11,13,15). The molecule has 2 aromatic rings. The Hall–Kier alpha value is -1.92. The first-order chi connectivity index (χ1) is 8.20. The van der Waals surface area contributed by atoms with Crippen LogP contribution in [0.25, 0.3) is 0 Å². The second-order valence-electron chi connectivity index (χ2n) is 4.00. The summed E-state index contributed by atoms with van der Waals surface area (Å²) in [4.78, 5) is 4.22. The number of anilines is 1. The Morgan fingerprint density at radius 3 is 2.94 bits per heavy atom. The van der Waals surface area contributed by atoms with Gasteiger partial charge in [-0.3, -0.25) is 0 Å². The molecule has 92 valence electrons. The van der Waals surface area contributed by atoms with Crippen molar-refractivity contribution in [2.75, 3.05) is 5.32 Å². The number of nitrogens with zero attached hydrogens (tertiary/aromatic N) is 5. The van der Waals surface area contributed by atoms with Crippen LogP contribution in [0.2, 0.25) is 0 Å². The van der Waals surface area contributed by atoms with Crippen LogP contribution in [0.5, 0.6) is 0 Å². The number of nitrogens with one attached hydrogen (secondary N) is 1. The molecule has 0 aliphatic rings. The lowest BCUT2D eigenvalue weighted by atomic mass is 10.2. The molecule has 0 spiro atoms. The van der Waals surface area contributed by atoms with E-state index in [4.69, 9.17) is 4.52 Å². The Balaban J connectivity index is 1.97. The summed E-state index contributed by atoms with van der Waals surface area (Å²) in [5, 5.41) is 14.7. The van der Waals surface area contributed by atoms with Crippen molar-refractivity contribution < 1.29 is 4.52 Å². The van der Waals surface area contributed by atoms with Gasteiger partial charge in [0.25, 0.3) is 0 Å². The minimum atomic E-state index is 0.258. The first-order valence-electron chi connectivity index (χ1n) is 5.64. The molecule has 0 aromatic carbocycles. The summed E-state index contributed by atoms with van der Waals surface area (Å²) in [7, 11) is 0. The van der Waals surface area contributed by atoms with Crippen LogP contribution in [0, 0.1) is 0 Å². The molecule has 2 rings (SSSR count). The Morgan fingerprint density at radius 1 is 1.47 bits per heavy atom. The second-order valence-corrected chi connectivity index (χ2v) is 4.00. The maximum Gasteiger partial charge on any atom is 0.321 e. The number of aryl methyl sites for hydroxylation is 1. The molecule has 0 saturated carbocycles. The van der Waals surface area contributed by atoms with Crippen LogP contribution in [0.3, 0.4) is 0 Å². The summed E-state index contributed by atoms with van der Waals surface area (Å²) >= 11 is 0. The Labute approximate surface area is 99.2 Å². The fraction of sp³-hybridized carbons (Fsp3) is 0.600. The monoisotopic (exact) mass is 236 g/mol. The first-order valence-corrected chi connectivity index (χ1v) is 5.64. The summed E-state index contributed by atoms with van der Waals surface area (Å²) in [6.07, 6.45) is 1.70. The molecule has 0 aliphatic carbocycles. The zero-order valence-electron chi connectivity index (χ0n) is 10.2. The molecule has 0 saturated heterocycles. The number of rotatable bonds is 5. The van der Waals surface area contributed by atoms with Gasteiger partial charge in [-0.15, -0.1) is 10.2 Å². The van der Waals surface area contributed by atoms with E-state index in [-0.39, 0.29) is 5.92 Å². The van der Waals surface area contributed by atoms with Crippen LogP contribution in [-0.4, -0.2) is 24.9 Å². The van der Waals surface area contributed by atoms with E-state index < -0.39 is 0 Å². The third-order valence-corrected chi connectivity index (χ3v) is 2.39. The highest BCUT2D eigenvalue weighted by Gasteiger charge is 2.10. The molecule has 0 unspecified atom stereocenters. The summed E-state index contributed by atoms with van der Waals surface area (Å²) in [5.41, 5.74) is 0. The van der Waals surface area contributed by atoms with Gasteiger partial charge < -0.3 is 14.4 Å². The Bertz CT molecular complexity index is 475. The molecule has 0 atom stereocenters. The molecule has 7 nitrogen and oxygen atoms in total. The van der Waals surface area contributed by atoms with Crippen molar-refractivity contribution >= 4 is 6.01 Å². The maximum absolute atomic E-state index is 5.07. The van der Waals surface area contributed by atoms with Crippen LogP contribution >= 0.6 is 0 Å². The van der Waals surface area contributed by atoms with E-state index in [1.54, 1.807) is 6.33 Å². The van der Waals surface area contributed by atoms with Gasteiger partial charge >= 0.3 is 6.01 Å². The summed E-state index contributed by atoms with van der Waals surface area (Å²) in [5.74, 6) is 1.80. The van der Waals surface area contributed by atoms with Crippen molar-refractivity contribution in [3.63, 3.8) is 0 Å². The van der Waals surface area contributed by atoms with Gasteiger partial charge in [-0.2, -0.15) is 4.98 Å². The van der Waals surface area contributed by atoms with Crippen molar-refractivity contribution in [1.82, 2.24) is 24.9 Å². The Morgan fingerprint density at radius 2 is 2.29 bits per heavy atom. The normalized spacial score (nSPS) is 11.1. The average Bonchev–Trinajstić information content (AvgIpc) is 2.95. The minimum absolute atomic E-state index is 0.258. The van der Waals surface area contributed by atoms with Gasteiger partial charge in [-0.25, -0.2) is 0 Å². The zero-order chi connectivity index (χ0) is 12.3. The predicted molar refractivity (Wildman–Crippen MR) is 61.4 cm³/mol. The van der Waals surface area contributed by atoms with Crippen molar-refractivity contribution in [3.8, 4) is 0 Å². The summed E-state index contributed by atoms with van der Waals surface area (Å²) in [6.45, 7) is 7.43. The van der Waals surface area contributed by atoms with E-state index in [2.05, 4.69) is 25.7 Å². The predicted octanol–water partition coefficient (Wildman–Crippen LogP) is 1.42. The van der Waals surface area contributed by atoms with Crippen molar-refractivity contribution in [3.05, 3.63) is 18.0 Å². The lowest BCUT2D eigenvalue weighted by Gasteiger charge is -2.02. The fourth-order valence-electron chi connectivity index (χ4n) is 1.38. The van der Waals surface area contributed by atoms with Gasteiger partial charge in [0.05, 0.1) is 6.54 Å². The van der Waals surface area contributed by atoms with E-state index in [1.165, 1.54) is 0 Å². The van der Waals surface area contributed by atoms with Crippen LogP contribution in [-0.2, 0) is 13.1 Å². The molecule has 7 heteroatoms. The summed E-state index contributed by atoms with van der Waals surface area (Å²) < 4.78 is 7.02. The topological polar surface area (TPSA) is 81.7 Å². The van der Waals surface area contributed by atoms with Gasteiger partial charge in [0.2, 0.25) is 0 Å². The molecule has 2 aromatic heterocycles. The SMILES string of the molecule is CCn1cnnc1CNc1nc(C(C)C)no1. The van der Waals surface area contributed by atoms with Crippen molar-refractivity contribution in [2.24, 2.45) is 0 Å². The smallest absolute Gasteiger partial charge is 0.321 e. The highest BCUT2D eigenvalue weighted by atomic mass is 16.5. The number of aromatic nitrogens is 5. The van der Waals surface area contributed by atoms with Gasteiger partial charge in [0, 0.05) is 12.5 Å². The molecule has 0 fully saturated rings. The highest BCUT2D eigenvalue weighted by molar-refractivity contribution is 5.19. The molecule has 17 heavy (non-hydrogen) atoms. The lowest BCUT2D eigenvalue weighted by Crippen LogP contribution is -2.07. The van der Waals surface area contributed by atoms with Crippen LogP contribution < -0.4 is 5.32 Å². The van der Waals surface area contributed by atoms with E-state index in [9.17, 15) is 0 Å². The molecular weight excluding hydrogens is 220 g/mol. The third-order valence-electron chi connectivity index (χ3n) is 2.39.